The monoisotopic (exact) mass is 251 g/mol. The second-order valence-electron chi connectivity index (χ2n) is 4.27. The summed E-state index contributed by atoms with van der Waals surface area (Å²) in [7, 11) is 0. The van der Waals surface area contributed by atoms with Crippen LogP contribution in [0.25, 0.3) is 0 Å². The third-order valence-electron chi connectivity index (χ3n) is 2.83. The highest BCUT2D eigenvalue weighted by Crippen LogP contribution is 2.28. The molecule has 4 N–H and O–H groups in total. The molecule has 1 atom stereocenters. The van der Waals surface area contributed by atoms with Crippen LogP contribution in [-0.2, 0) is 0 Å². The van der Waals surface area contributed by atoms with Crippen LogP contribution in [0.3, 0.4) is 0 Å². The van der Waals surface area contributed by atoms with E-state index < -0.39 is 6.10 Å². The lowest BCUT2D eigenvalue weighted by molar-refractivity contribution is 0.174. The van der Waals surface area contributed by atoms with Gasteiger partial charge in [-0.3, -0.25) is 0 Å². The van der Waals surface area contributed by atoms with Crippen molar-refractivity contribution in [1.82, 2.24) is 5.32 Å². The number of hydrogen-bond acceptors (Lipinski definition) is 4. The topological polar surface area (TPSA) is 82.1 Å². The molecule has 1 unspecified atom stereocenters. The van der Waals surface area contributed by atoms with Crippen LogP contribution in [0, 0.1) is 11.3 Å². The molecule has 1 aliphatic carbocycles. The van der Waals surface area contributed by atoms with Crippen LogP contribution < -0.4 is 11.1 Å². The molecule has 0 bridgehead atoms. The first-order valence-corrected chi connectivity index (χ1v) is 5.90. The van der Waals surface area contributed by atoms with E-state index in [1.165, 1.54) is 12.8 Å². The van der Waals surface area contributed by atoms with Gasteiger partial charge in [0.1, 0.15) is 6.07 Å². The fraction of sp³-hybridized carbons (Fsp3) is 0.417. The zero-order chi connectivity index (χ0) is 12.4. The first-order chi connectivity index (χ1) is 8.11. The standard InChI is InChI=1S/C12H14ClN3O/c13-10-4-7(3-8(5-14)12(10)15)11(17)6-16-9-1-2-9/h3-4,9,11,16-17H,1-2,6,15H2. The van der Waals surface area contributed by atoms with Gasteiger partial charge < -0.3 is 16.2 Å². The molecule has 1 aromatic rings. The fourth-order valence-corrected chi connectivity index (χ4v) is 1.84. The van der Waals surface area contributed by atoms with Crippen molar-refractivity contribution >= 4 is 17.3 Å². The number of nitrogen functional groups attached to an aromatic ring is 1. The van der Waals surface area contributed by atoms with Crippen LogP contribution in [0.4, 0.5) is 5.69 Å². The number of rotatable bonds is 4. The lowest BCUT2D eigenvalue weighted by Crippen LogP contribution is -2.23. The van der Waals surface area contributed by atoms with E-state index in [2.05, 4.69) is 5.32 Å². The van der Waals surface area contributed by atoms with Crippen molar-refractivity contribution in [3.05, 3.63) is 28.3 Å². The molecule has 90 valence electrons. The van der Waals surface area contributed by atoms with Crippen LogP contribution in [0.2, 0.25) is 5.02 Å². The molecule has 0 aliphatic heterocycles. The van der Waals surface area contributed by atoms with Crippen LogP contribution >= 0.6 is 11.6 Å². The fourth-order valence-electron chi connectivity index (χ4n) is 1.61. The zero-order valence-corrected chi connectivity index (χ0v) is 10.0. The lowest BCUT2D eigenvalue weighted by Gasteiger charge is -2.13. The average molecular weight is 252 g/mol. The second kappa shape index (κ2) is 4.92. The molecule has 4 nitrogen and oxygen atoms in total. The van der Waals surface area contributed by atoms with Crippen molar-refractivity contribution in [3.8, 4) is 6.07 Å². The van der Waals surface area contributed by atoms with Gasteiger partial charge in [0.05, 0.1) is 22.4 Å². The molecule has 17 heavy (non-hydrogen) atoms. The van der Waals surface area contributed by atoms with Crippen molar-refractivity contribution in [2.75, 3.05) is 12.3 Å². The minimum atomic E-state index is -0.666. The normalized spacial score (nSPS) is 16.5. The molecule has 1 fully saturated rings. The first kappa shape index (κ1) is 12.2. The number of nitrogens with two attached hydrogens (primary N) is 1. The Morgan fingerprint density at radius 1 is 1.59 bits per heavy atom. The summed E-state index contributed by atoms with van der Waals surface area (Å²) < 4.78 is 0. The molecule has 1 aromatic carbocycles. The minimum absolute atomic E-state index is 0.264. The van der Waals surface area contributed by atoms with Gasteiger partial charge in [0.25, 0.3) is 0 Å². The highest BCUT2D eigenvalue weighted by molar-refractivity contribution is 6.33. The highest BCUT2D eigenvalue weighted by Gasteiger charge is 2.22. The van der Waals surface area contributed by atoms with E-state index in [0.717, 1.165) is 0 Å². The zero-order valence-electron chi connectivity index (χ0n) is 9.28. The Morgan fingerprint density at radius 3 is 2.88 bits per heavy atom. The third kappa shape index (κ3) is 2.89. The summed E-state index contributed by atoms with van der Waals surface area (Å²) >= 11 is 5.91. The predicted octanol–water partition coefficient (Wildman–Crippen LogP) is 1.58. The number of nitriles is 1. The lowest BCUT2D eigenvalue weighted by atomic mass is 10.0. The van der Waals surface area contributed by atoms with Gasteiger partial charge in [-0.2, -0.15) is 5.26 Å². The van der Waals surface area contributed by atoms with E-state index in [-0.39, 0.29) is 5.69 Å². The summed E-state index contributed by atoms with van der Waals surface area (Å²) in [5, 5.41) is 22.4. The van der Waals surface area contributed by atoms with Gasteiger partial charge >= 0.3 is 0 Å². The summed E-state index contributed by atoms with van der Waals surface area (Å²) in [4.78, 5) is 0. The van der Waals surface area contributed by atoms with Crippen LogP contribution in [0.5, 0.6) is 0 Å². The van der Waals surface area contributed by atoms with E-state index in [1.54, 1.807) is 12.1 Å². The number of hydrogen-bond donors (Lipinski definition) is 3. The van der Waals surface area contributed by atoms with Gasteiger partial charge in [-0.15, -0.1) is 0 Å². The largest absolute Gasteiger partial charge is 0.396 e. The quantitative estimate of drug-likeness (QED) is 0.710. The van der Waals surface area contributed by atoms with Crippen molar-refractivity contribution in [2.45, 2.75) is 25.0 Å². The Bertz CT molecular complexity index is 466. The van der Waals surface area contributed by atoms with E-state index in [4.69, 9.17) is 22.6 Å². The Morgan fingerprint density at radius 2 is 2.29 bits per heavy atom. The number of benzene rings is 1. The molecule has 0 aromatic heterocycles. The number of aliphatic hydroxyl groups is 1. The van der Waals surface area contributed by atoms with Crippen molar-refractivity contribution in [1.29, 1.82) is 5.26 Å². The Hall–Kier alpha value is -1.28. The van der Waals surface area contributed by atoms with Gasteiger partial charge in [0, 0.05) is 12.6 Å². The van der Waals surface area contributed by atoms with E-state index in [9.17, 15) is 5.11 Å². The molecule has 0 heterocycles. The number of aliphatic hydroxyl groups excluding tert-OH is 1. The van der Waals surface area contributed by atoms with Gasteiger partial charge in [-0.25, -0.2) is 0 Å². The molecular formula is C12H14ClN3O. The van der Waals surface area contributed by atoms with Gasteiger partial charge in [-0.05, 0) is 30.5 Å². The summed E-state index contributed by atoms with van der Waals surface area (Å²) in [6.45, 7) is 0.468. The molecule has 0 radical (unpaired) electrons. The van der Waals surface area contributed by atoms with Gasteiger partial charge in [0.15, 0.2) is 0 Å². The smallest absolute Gasteiger partial charge is 0.101 e. The molecule has 1 saturated carbocycles. The summed E-state index contributed by atoms with van der Waals surface area (Å²) in [5.74, 6) is 0. The van der Waals surface area contributed by atoms with E-state index in [1.807, 2.05) is 6.07 Å². The number of nitrogens with zero attached hydrogens (tertiary/aromatic N) is 1. The predicted molar refractivity (Wildman–Crippen MR) is 66.6 cm³/mol. The SMILES string of the molecule is N#Cc1cc(C(O)CNC2CC2)cc(Cl)c1N. The maximum atomic E-state index is 9.96. The van der Waals surface area contributed by atoms with Crippen LogP contribution in [0.1, 0.15) is 30.1 Å². The number of anilines is 1. The molecule has 0 amide bonds. The number of halogens is 1. The van der Waals surface area contributed by atoms with Crippen molar-refractivity contribution in [2.24, 2.45) is 0 Å². The molecule has 1 aliphatic rings. The van der Waals surface area contributed by atoms with Crippen LogP contribution in [-0.4, -0.2) is 17.7 Å². The molecule has 5 heteroatoms. The summed E-state index contributed by atoms with van der Waals surface area (Å²) in [5.41, 5.74) is 6.83. The van der Waals surface area contributed by atoms with E-state index >= 15 is 0 Å². The Labute approximate surface area is 105 Å². The summed E-state index contributed by atoms with van der Waals surface area (Å²) in [6, 6.07) is 5.69. The third-order valence-corrected chi connectivity index (χ3v) is 3.15. The Kier molecular flexibility index (Phi) is 3.53. The van der Waals surface area contributed by atoms with Gasteiger partial charge in [-0.1, -0.05) is 11.6 Å². The molecule has 0 spiro atoms. The van der Waals surface area contributed by atoms with Crippen molar-refractivity contribution in [3.63, 3.8) is 0 Å². The molecular weight excluding hydrogens is 238 g/mol. The maximum absolute atomic E-state index is 9.96. The highest BCUT2D eigenvalue weighted by atomic mass is 35.5. The summed E-state index contributed by atoms with van der Waals surface area (Å²) in [6.07, 6.45) is 1.66. The van der Waals surface area contributed by atoms with E-state index in [0.29, 0.717) is 28.7 Å². The maximum Gasteiger partial charge on any atom is 0.101 e. The Balaban J connectivity index is 2.13. The van der Waals surface area contributed by atoms with Gasteiger partial charge in [0.2, 0.25) is 0 Å². The average Bonchev–Trinajstić information content (AvgIpc) is 3.13. The second-order valence-corrected chi connectivity index (χ2v) is 4.68. The van der Waals surface area contributed by atoms with Crippen molar-refractivity contribution < 1.29 is 5.11 Å². The minimum Gasteiger partial charge on any atom is -0.396 e. The van der Waals surface area contributed by atoms with Crippen LogP contribution in [0.15, 0.2) is 12.1 Å². The number of nitrogens with one attached hydrogen (secondary N) is 1. The molecule has 2 rings (SSSR count). The molecule has 0 saturated heterocycles. The first-order valence-electron chi connectivity index (χ1n) is 5.52.